The van der Waals surface area contributed by atoms with E-state index < -0.39 is 0 Å². The molecule has 25 heavy (non-hydrogen) atoms. The normalized spacial score (nSPS) is 13.1. The summed E-state index contributed by atoms with van der Waals surface area (Å²) in [4.78, 5) is 14.6. The van der Waals surface area contributed by atoms with Gasteiger partial charge in [0.2, 0.25) is 0 Å². The van der Waals surface area contributed by atoms with Crippen molar-refractivity contribution >= 4 is 28.9 Å². The van der Waals surface area contributed by atoms with E-state index in [2.05, 4.69) is 11.4 Å². The van der Waals surface area contributed by atoms with E-state index in [9.17, 15) is 4.79 Å². The number of anilines is 1. The molecule has 0 saturated heterocycles. The standard InChI is InChI=1S/C20H22N2O2S/c1-2-13-24-17-10-5-8-16(14-17)19(23)21-20(25)22-12-6-9-15-7-3-4-11-18(15)22/h3-5,7-8,10-11,14H,2,6,9,12-13H2,1H3,(H,21,23,25). The summed E-state index contributed by atoms with van der Waals surface area (Å²) in [5, 5.41) is 3.29. The Morgan fingerprint density at radius 1 is 1.24 bits per heavy atom. The minimum atomic E-state index is -0.213. The van der Waals surface area contributed by atoms with Crippen molar-refractivity contribution in [1.29, 1.82) is 0 Å². The lowest BCUT2D eigenvalue weighted by Crippen LogP contribution is -2.45. The molecule has 0 aromatic heterocycles. The Balaban J connectivity index is 1.70. The number of thiocarbonyl (C=S) groups is 1. The van der Waals surface area contributed by atoms with Crippen LogP contribution in [0.15, 0.2) is 48.5 Å². The largest absolute Gasteiger partial charge is 0.494 e. The molecule has 1 heterocycles. The highest BCUT2D eigenvalue weighted by Crippen LogP contribution is 2.26. The Kier molecular flexibility index (Phi) is 5.66. The lowest BCUT2D eigenvalue weighted by molar-refractivity contribution is 0.0976. The average molecular weight is 354 g/mol. The Labute approximate surface area is 153 Å². The zero-order valence-electron chi connectivity index (χ0n) is 14.3. The van der Waals surface area contributed by atoms with Crippen LogP contribution in [0.4, 0.5) is 5.69 Å². The predicted octanol–water partition coefficient (Wildman–Crippen LogP) is 3.94. The fraction of sp³-hybridized carbons (Fsp3) is 0.300. The Bertz CT molecular complexity index is 776. The molecule has 0 spiro atoms. The van der Waals surface area contributed by atoms with Crippen LogP contribution >= 0.6 is 12.2 Å². The minimum absolute atomic E-state index is 0.213. The highest BCUT2D eigenvalue weighted by Gasteiger charge is 2.21. The van der Waals surface area contributed by atoms with Gasteiger partial charge >= 0.3 is 0 Å². The van der Waals surface area contributed by atoms with Crippen molar-refractivity contribution in [1.82, 2.24) is 5.32 Å². The molecule has 5 heteroatoms. The second-order valence-corrected chi connectivity index (χ2v) is 6.41. The van der Waals surface area contributed by atoms with Gasteiger partial charge in [0.15, 0.2) is 5.11 Å². The van der Waals surface area contributed by atoms with Crippen LogP contribution in [0.2, 0.25) is 0 Å². The number of benzene rings is 2. The SMILES string of the molecule is CCCOc1cccc(C(=O)NC(=S)N2CCCc3ccccc32)c1. The molecule has 130 valence electrons. The van der Waals surface area contributed by atoms with Crippen molar-refractivity contribution in [2.24, 2.45) is 0 Å². The number of carbonyl (C=O) groups excluding carboxylic acids is 1. The number of nitrogens with one attached hydrogen (secondary N) is 1. The summed E-state index contributed by atoms with van der Waals surface area (Å²) >= 11 is 5.49. The van der Waals surface area contributed by atoms with Gasteiger partial charge < -0.3 is 9.64 Å². The van der Waals surface area contributed by atoms with E-state index >= 15 is 0 Å². The number of rotatable bonds is 4. The maximum Gasteiger partial charge on any atom is 0.257 e. The number of carbonyl (C=O) groups is 1. The molecular formula is C20H22N2O2S. The van der Waals surface area contributed by atoms with Gasteiger partial charge in [-0.2, -0.15) is 0 Å². The number of amides is 1. The fourth-order valence-corrected chi connectivity index (χ4v) is 3.21. The first-order valence-corrected chi connectivity index (χ1v) is 9.03. The van der Waals surface area contributed by atoms with E-state index in [0.717, 1.165) is 31.5 Å². The molecule has 1 N–H and O–H groups in total. The topological polar surface area (TPSA) is 41.6 Å². The first kappa shape index (κ1) is 17.4. The minimum Gasteiger partial charge on any atom is -0.494 e. The molecule has 1 aliphatic rings. The monoisotopic (exact) mass is 354 g/mol. The molecule has 0 unspecified atom stereocenters. The lowest BCUT2D eigenvalue weighted by Gasteiger charge is -2.31. The number of aryl methyl sites for hydroxylation is 1. The van der Waals surface area contributed by atoms with Gasteiger partial charge in [0.05, 0.1) is 6.61 Å². The summed E-state index contributed by atoms with van der Waals surface area (Å²) in [6, 6.07) is 15.4. The van der Waals surface area contributed by atoms with Gasteiger partial charge in [0.1, 0.15) is 5.75 Å². The highest BCUT2D eigenvalue weighted by molar-refractivity contribution is 7.80. The quantitative estimate of drug-likeness (QED) is 0.845. The lowest BCUT2D eigenvalue weighted by atomic mass is 10.0. The van der Waals surface area contributed by atoms with Gasteiger partial charge in [0, 0.05) is 17.8 Å². The number of fused-ring (bicyclic) bond motifs is 1. The molecule has 1 aliphatic heterocycles. The van der Waals surface area contributed by atoms with Gasteiger partial charge in [-0.1, -0.05) is 31.2 Å². The number of para-hydroxylation sites is 1. The number of ether oxygens (including phenoxy) is 1. The average Bonchev–Trinajstić information content (AvgIpc) is 2.66. The van der Waals surface area contributed by atoms with E-state index in [4.69, 9.17) is 17.0 Å². The molecule has 3 rings (SSSR count). The van der Waals surface area contributed by atoms with Crippen LogP contribution in [0, 0.1) is 0 Å². The zero-order chi connectivity index (χ0) is 17.6. The van der Waals surface area contributed by atoms with Gasteiger partial charge in [-0.05, 0) is 61.3 Å². The van der Waals surface area contributed by atoms with Crippen LogP contribution < -0.4 is 15.0 Å². The number of hydrogen-bond acceptors (Lipinski definition) is 3. The van der Waals surface area contributed by atoms with E-state index in [-0.39, 0.29) is 5.91 Å². The Morgan fingerprint density at radius 2 is 2.08 bits per heavy atom. The molecule has 0 fully saturated rings. The third-order valence-electron chi connectivity index (χ3n) is 4.14. The Morgan fingerprint density at radius 3 is 2.92 bits per heavy atom. The molecule has 0 aliphatic carbocycles. The summed E-state index contributed by atoms with van der Waals surface area (Å²) < 4.78 is 5.59. The van der Waals surface area contributed by atoms with Gasteiger partial charge in [-0.3, -0.25) is 10.1 Å². The van der Waals surface area contributed by atoms with E-state index in [0.29, 0.717) is 23.0 Å². The first-order chi connectivity index (χ1) is 12.2. The van der Waals surface area contributed by atoms with E-state index in [1.54, 1.807) is 12.1 Å². The van der Waals surface area contributed by atoms with Crippen molar-refractivity contribution in [3.63, 3.8) is 0 Å². The predicted molar refractivity (Wildman–Crippen MR) is 104 cm³/mol. The summed E-state index contributed by atoms with van der Waals surface area (Å²) in [6.45, 7) is 3.50. The van der Waals surface area contributed by atoms with Gasteiger partial charge in [-0.25, -0.2) is 0 Å². The molecule has 0 saturated carbocycles. The smallest absolute Gasteiger partial charge is 0.257 e. The molecule has 4 nitrogen and oxygen atoms in total. The molecule has 0 atom stereocenters. The molecule has 1 amide bonds. The van der Waals surface area contributed by atoms with Crippen molar-refractivity contribution in [3.05, 3.63) is 59.7 Å². The third-order valence-corrected chi connectivity index (χ3v) is 4.47. The second kappa shape index (κ2) is 8.12. The zero-order valence-corrected chi connectivity index (χ0v) is 15.1. The molecular weight excluding hydrogens is 332 g/mol. The van der Waals surface area contributed by atoms with Crippen molar-refractivity contribution in [2.45, 2.75) is 26.2 Å². The van der Waals surface area contributed by atoms with Gasteiger partial charge in [0.25, 0.3) is 5.91 Å². The number of hydrogen-bond donors (Lipinski definition) is 1. The Hall–Kier alpha value is -2.40. The van der Waals surface area contributed by atoms with Crippen LogP contribution in [0.5, 0.6) is 5.75 Å². The summed E-state index contributed by atoms with van der Waals surface area (Å²) in [5.41, 5.74) is 2.89. The van der Waals surface area contributed by atoms with Crippen molar-refractivity contribution < 1.29 is 9.53 Å². The molecule has 0 bridgehead atoms. The van der Waals surface area contributed by atoms with Crippen LogP contribution in [-0.2, 0) is 6.42 Å². The van der Waals surface area contributed by atoms with E-state index in [1.807, 2.05) is 42.2 Å². The fourth-order valence-electron chi connectivity index (χ4n) is 2.93. The van der Waals surface area contributed by atoms with Gasteiger partial charge in [-0.15, -0.1) is 0 Å². The molecule has 0 radical (unpaired) electrons. The maximum absolute atomic E-state index is 12.6. The summed E-state index contributed by atoms with van der Waals surface area (Å²) in [5.74, 6) is 0.485. The second-order valence-electron chi connectivity index (χ2n) is 6.02. The van der Waals surface area contributed by atoms with Crippen LogP contribution in [0.25, 0.3) is 0 Å². The van der Waals surface area contributed by atoms with E-state index in [1.165, 1.54) is 5.56 Å². The van der Waals surface area contributed by atoms with Crippen LogP contribution in [-0.4, -0.2) is 24.2 Å². The third kappa shape index (κ3) is 4.17. The summed E-state index contributed by atoms with van der Waals surface area (Å²) in [7, 11) is 0. The molecule has 2 aromatic carbocycles. The maximum atomic E-state index is 12.6. The first-order valence-electron chi connectivity index (χ1n) is 8.62. The number of nitrogens with zero attached hydrogens (tertiary/aromatic N) is 1. The highest BCUT2D eigenvalue weighted by atomic mass is 32.1. The van der Waals surface area contributed by atoms with Crippen LogP contribution in [0.3, 0.4) is 0 Å². The summed E-state index contributed by atoms with van der Waals surface area (Å²) in [6.07, 6.45) is 2.99. The van der Waals surface area contributed by atoms with Crippen molar-refractivity contribution in [3.8, 4) is 5.75 Å². The van der Waals surface area contributed by atoms with Crippen LogP contribution in [0.1, 0.15) is 35.7 Å². The molecule has 2 aromatic rings. The van der Waals surface area contributed by atoms with Crippen molar-refractivity contribution in [2.75, 3.05) is 18.1 Å².